The van der Waals surface area contributed by atoms with Gasteiger partial charge in [-0.3, -0.25) is 0 Å². The first-order valence-electron chi connectivity index (χ1n) is 10.2. The molecule has 8 nitrogen and oxygen atoms in total. The molecule has 1 aromatic carbocycles. The first-order chi connectivity index (χ1) is 14.3. The standard InChI is InChI=1S/C18H28N2O2.C4H4O4/c1-13(2)17-15-5-7-19-6-4-14(15)12-16-18(17)20(8-10-21-3)9-11-22-16;5-3(6)1-2-4(7)8/h12-13,19H,4-11H2,1-3H3;1-2H,(H,5,6)(H,7,8)/b;2-1+. The molecular formula is C22H32N2O6. The molecule has 30 heavy (non-hydrogen) atoms. The molecule has 0 aromatic heterocycles. The Balaban J connectivity index is 0.000000343. The monoisotopic (exact) mass is 420 g/mol. The Hall–Kier alpha value is -2.58. The molecule has 166 valence electrons. The molecule has 0 atom stereocenters. The summed E-state index contributed by atoms with van der Waals surface area (Å²) in [7, 11) is 1.77. The molecule has 2 aliphatic rings. The lowest BCUT2D eigenvalue weighted by Crippen LogP contribution is -2.36. The van der Waals surface area contributed by atoms with Gasteiger partial charge in [0.05, 0.1) is 18.8 Å². The van der Waals surface area contributed by atoms with Crippen LogP contribution in [0, 0.1) is 0 Å². The van der Waals surface area contributed by atoms with Crippen molar-refractivity contribution in [1.29, 1.82) is 0 Å². The van der Waals surface area contributed by atoms with Crippen molar-refractivity contribution in [2.45, 2.75) is 32.6 Å². The van der Waals surface area contributed by atoms with Crippen LogP contribution in [0.15, 0.2) is 18.2 Å². The van der Waals surface area contributed by atoms with Gasteiger partial charge in [-0.05, 0) is 54.6 Å². The second-order valence-corrected chi connectivity index (χ2v) is 7.52. The first-order valence-corrected chi connectivity index (χ1v) is 10.2. The number of hydrogen-bond acceptors (Lipinski definition) is 6. The van der Waals surface area contributed by atoms with Crippen LogP contribution in [0.4, 0.5) is 5.69 Å². The van der Waals surface area contributed by atoms with Crippen molar-refractivity contribution >= 4 is 17.6 Å². The number of anilines is 1. The minimum absolute atomic E-state index is 0.508. The Labute approximate surface area is 177 Å². The maximum absolute atomic E-state index is 9.55. The predicted molar refractivity (Wildman–Crippen MR) is 115 cm³/mol. The number of carboxylic acid groups (broad SMARTS) is 2. The highest BCUT2D eigenvalue weighted by Gasteiger charge is 2.27. The zero-order valence-corrected chi connectivity index (χ0v) is 17.9. The number of benzene rings is 1. The molecule has 3 rings (SSSR count). The van der Waals surface area contributed by atoms with E-state index in [0.717, 1.165) is 58.0 Å². The number of carboxylic acids is 2. The molecule has 2 aliphatic heterocycles. The SMILES string of the molecule is COCCN1CCOc2cc3c(c(C(C)C)c21)CCNCC3.O=C(O)/C=C/C(=O)O. The summed E-state index contributed by atoms with van der Waals surface area (Å²) in [6.07, 6.45) is 3.34. The molecule has 0 saturated heterocycles. The second-order valence-electron chi connectivity index (χ2n) is 7.52. The lowest BCUT2D eigenvalue weighted by Gasteiger charge is -2.36. The predicted octanol–water partition coefficient (Wildman–Crippen LogP) is 2.06. The van der Waals surface area contributed by atoms with Gasteiger partial charge in [0, 0.05) is 25.8 Å². The Morgan fingerprint density at radius 2 is 1.90 bits per heavy atom. The van der Waals surface area contributed by atoms with Gasteiger partial charge in [-0.1, -0.05) is 13.8 Å². The zero-order valence-electron chi connectivity index (χ0n) is 17.9. The molecule has 1 aromatic rings. The largest absolute Gasteiger partial charge is 0.490 e. The van der Waals surface area contributed by atoms with E-state index in [1.54, 1.807) is 12.7 Å². The maximum Gasteiger partial charge on any atom is 0.328 e. The van der Waals surface area contributed by atoms with Crippen LogP contribution in [-0.2, 0) is 27.2 Å². The van der Waals surface area contributed by atoms with Crippen LogP contribution in [0.1, 0.15) is 36.5 Å². The molecule has 3 N–H and O–H groups in total. The Morgan fingerprint density at radius 3 is 2.50 bits per heavy atom. The van der Waals surface area contributed by atoms with Crippen molar-refractivity contribution in [1.82, 2.24) is 5.32 Å². The smallest absolute Gasteiger partial charge is 0.328 e. The van der Waals surface area contributed by atoms with Crippen molar-refractivity contribution in [3.8, 4) is 5.75 Å². The number of nitrogens with one attached hydrogen (secondary N) is 1. The van der Waals surface area contributed by atoms with E-state index < -0.39 is 11.9 Å². The molecule has 0 radical (unpaired) electrons. The number of ether oxygens (including phenoxy) is 2. The van der Waals surface area contributed by atoms with E-state index in [9.17, 15) is 9.59 Å². The molecular weight excluding hydrogens is 388 g/mol. The van der Waals surface area contributed by atoms with E-state index in [0.29, 0.717) is 18.1 Å². The Morgan fingerprint density at radius 1 is 1.23 bits per heavy atom. The highest BCUT2D eigenvalue weighted by Crippen LogP contribution is 2.43. The van der Waals surface area contributed by atoms with Gasteiger partial charge >= 0.3 is 11.9 Å². The third-order valence-electron chi connectivity index (χ3n) is 5.08. The highest BCUT2D eigenvalue weighted by atomic mass is 16.5. The maximum atomic E-state index is 9.55. The van der Waals surface area contributed by atoms with Crippen molar-refractivity contribution in [3.05, 3.63) is 34.9 Å². The molecule has 0 saturated carbocycles. The van der Waals surface area contributed by atoms with Gasteiger partial charge in [0.2, 0.25) is 0 Å². The fraction of sp³-hybridized carbons (Fsp3) is 0.545. The van der Waals surface area contributed by atoms with Crippen LogP contribution in [0.3, 0.4) is 0 Å². The highest BCUT2D eigenvalue weighted by molar-refractivity contribution is 5.89. The van der Waals surface area contributed by atoms with E-state index in [2.05, 4.69) is 30.1 Å². The molecule has 0 spiro atoms. The van der Waals surface area contributed by atoms with Gasteiger partial charge in [-0.2, -0.15) is 0 Å². The van der Waals surface area contributed by atoms with Crippen LogP contribution in [-0.4, -0.2) is 68.7 Å². The average molecular weight is 421 g/mol. The van der Waals surface area contributed by atoms with Crippen LogP contribution in [0.5, 0.6) is 5.75 Å². The third-order valence-corrected chi connectivity index (χ3v) is 5.08. The molecule has 0 amide bonds. The van der Waals surface area contributed by atoms with Gasteiger partial charge < -0.3 is 29.9 Å². The number of nitrogens with zero attached hydrogens (tertiary/aromatic N) is 1. The van der Waals surface area contributed by atoms with Crippen molar-refractivity contribution in [2.75, 3.05) is 51.4 Å². The number of aliphatic carboxylic acids is 2. The lowest BCUT2D eigenvalue weighted by molar-refractivity contribution is -0.134. The summed E-state index contributed by atoms with van der Waals surface area (Å²) in [5.41, 5.74) is 5.83. The number of rotatable bonds is 6. The fourth-order valence-corrected chi connectivity index (χ4v) is 3.85. The number of carbonyl (C=O) groups is 2. The van der Waals surface area contributed by atoms with Crippen molar-refractivity contribution < 1.29 is 29.3 Å². The topological polar surface area (TPSA) is 108 Å². The second kappa shape index (κ2) is 11.6. The zero-order chi connectivity index (χ0) is 22.1. The molecule has 0 fully saturated rings. The third kappa shape index (κ3) is 6.47. The molecule has 0 aliphatic carbocycles. The van der Waals surface area contributed by atoms with Crippen LogP contribution < -0.4 is 15.0 Å². The van der Waals surface area contributed by atoms with E-state index in [1.165, 1.54) is 16.8 Å². The first kappa shape index (κ1) is 23.7. The summed E-state index contributed by atoms with van der Waals surface area (Å²) >= 11 is 0. The molecule has 0 unspecified atom stereocenters. The molecule has 0 bridgehead atoms. The van der Waals surface area contributed by atoms with Gasteiger partial charge in [0.15, 0.2) is 0 Å². The minimum Gasteiger partial charge on any atom is -0.490 e. The Bertz CT molecular complexity index is 759. The summed E-state index contributed by atoms with van der Waals surface area (Å²) in [5, 5.41) is 19.1. The van der Waals surface area contributed by atoms with Crippen molar-refractivity contribution in [2.24, 2.45) is 0 Å². The normalized spacial score (nSPS) is 15.5. The van der Waals surface area contributed by atoms with Crippen LogP contribution in [0.25, 0.3) is 0 Å². The quantitative estimate of drug-likeness (QED) is 0.600. The summed E-state index contributed by atoms with van der Waals surface area (Å²) in [6.45, 7) is 10.2. The van der Waals surface area contributed by atoms with Crippen LogP contribution >= 0.6 is 0 Å². The summed E-state index contributed by atoms with van der Waals surface area (Å²) in [5.74, 6) is -0.931. The van der Waals surface area contributed by atoms with E-state index in [-0.39, 0.29) is 0 Å². The molecule has 8 heteroatoms. The minimum atomic E-state index is -1.26. The number of methoxy groups -OCH3 is 1. The summed E-state index contributed by atoms with van der Waals surface area (Å²) in [4.78, 5) is 21.6. The van der Waals surface area contributed by atoms with Gasteiger partial charge in [0.1, 0.15) is 12.4 Å². The summed E-state index contributed by atoms with van der Waals surface area (Å²) < 4.78 is 11.3. The fourth-order valence-electron chi connectivity index (χ4n) is 3.85. The Kier molecular flexibility index (Phi) is 9.14. The van der Waals surface area contributed by atoms with E-state index in [4.69, 9.17) is 19.7 Å². The van der Waals surface area contributed by atoms with Crippen LogP contribution in [0.2, 0.25) is 0 Å². The van der Waals surface area contributed by atoms with Gasteiger partial charge in [-0.25, -0.2) is 9.59 Å². The van der Waals surface area contributed by atoms with Gasteiger partial charge in [-0.15, -0.1) is 0 Å². The number of fused-ring (bicyclic) bond motifs is 2. The molecule has 2 heterocycles. The lowest BCUT2D eigenvalue weighted by atomic mass is 9.87. The van der Waals surface area contributed by atoms with E-state index in [1.807, 2.05) is 0 Å². The summed E-state index contributed by atoms with van der Waals surface area (Å²) in [6, 6.07) is 2.29. The number of hydrogen-bond donors (Lipinski definition) is 3. The van der Waals surface area contributed by atoms with Gasteiger partial charge in [0.25, 0.3) is 0 Å². The average Bonchev–Trinajstić information content (AvgIpc) is 2.94. The van der Waals surface area contributed by atoms with E-state index >= 15 is 0 Å². The van der Waals surface area contributed by atoms with Crippen molar-refractivity contribution in [3.63, 3.8) is 0 Å².